The van der Waals surface area contributed by atoms with Crippen LogP contribution < -0.4 is 14.4 Å². The van der Waals surface area contributed by atoms with Crippen LogP contribution >= 0.6 is 22.9 Å². The second kappa shape index (κ2) is 3.77. The van der Waals surface area contributed by atoms with Crippen LogP contribution in [-0.2, 0) is 0 Å². The molecule has 0 aliphatic carbocycles. The Bertz CT molecular complexity index is 237. The van der Waals surface area contributed by atoms with E-state index in [1.807, 2.05) is 54.2 Å². The first-order valence-electron chi connectivity index (χ1n) is 3.23. The maximum Gasteiger partial charge on any atom is 0.0861 e. The third-order valence-electron chi connectivity index (χ3n) is 1.40. The van der Waals surface area contributed by atoms with E-state index in [0.29, 0.717) is 0 Å². The van der Waals surface area contributed by atoms with Gasteiger partial charge in [0.05, 0.1) is 34.2 Å². The van der Waals surface area contributed by atoms with Gasteiger partial charge in [0, 0.05) is 7.05 Å². The number of nitrogens with two attached hydrogens (primary N) is 1. The van der Waals surface area contributed by atoms with E-state index in [0.717, 1.165) is 11.4 Å². The average Bonchev–Trinajstić information content (AvgIpc) is 2.04. The number of rotatable bonds is 2. The average molecular weight is 263 g/mol. The third-order valence-corrected chi connectivity index (χ3v) is 1.92. The number of nitrogens with zero attached hydrogens (tertiary/aromatic N) is 1. The second-order valence-corrected chi connectivity index (χ2v) is 3.12. The van der Waals surface area contributed by atoms with E-state index in [1.54, 1.807) is 3.22 Å². The Labute approximate surface area is 80.0 Å². The summed E-state index contributed by atoms with van der Waals surface area (Å²) >= 11 is 2.03. The summed E-state index contributed by atoms with van der Waals surface area (Å²) in [7, 11) is 1.87. The molecule has 4 heteroatoms. The number of nitrogens with one attached hydrogen (secondary N) is 1. The predicted octanol–water partition coefficient (Wildman–Crippen LogP) is 1.76. The highest BCUT2D eigenvalue weighted by Gasteiger charge is 2.01. The van der Waals surface area contributed by atoms with Crippen LogP contribution in [0.1, 0.15) is 0 Å². The first-order chi connectivity index (χ1) is 5.25. The van der Waals surface area contributed by atoms with Gasteiger partial charge < -0.3 is 5.32 Å². The fourth-order valence-electron chi connectivity index (χ4n) is 0.871. The van der Waals surface area contributed by atoms with Gasteiger partial charge >= 0.3 is 0 Å². The molecule has 1 aromatic rings. The largest absolute Gasteiger partial charge is 0.386 e. The monoisotopic (exact) mass is 263 g/mol. The Kier molecular flexibility index (Phi) is 2.95. The van der Waals surface area contributed by atoms with Crippen LogP contribution in [0.25, 0.3) is 0 Å². The molecule has 0 unspecified atom stereocenters. The number of benzene rings is 1. The fraction of sp³-hybridized carbons (Fsp3) is 0.143. The molecule has 0 bridgehead atoms. The summed E-state index contributed by atoms with van der Waals surface area (Å²) in [4.78, 5) is 0. The summed E-state index contributed by atoms with van der Waals surface area (Å²) in [5.41, 5.74) is 2.01. The summed E-state index contributed by atoms with van der Waals surface area (Å²) < 4.78 is 1.56. The Hall–Kier alpha value is -0.490. The van der Waals surface area contributed by atoms with Crippen molar-refractivity contribution < 1.29 is 0 Å². The minimum atomic E-state index is 0.982. The molecule has 0 amide bonds. The zero-order valence-electron chi connectivity index (χ0n) is 6.21. The van der Waals surface area contributed by atoms with Crippen molar-refractivity contribution in [3.05, 3.63) is 24.3 Å². The van der Waals surface area contributed by atoms with Gasteiger partial charge in [-0.15, -0.1) is 0 Å². The normalized spacial score (nSPS) is 9.36. The smallest absolute Gasteiger partial charge is 0.0861 e. The van der Waals surface area contributed by atoms with Gasteiger partial charge in [0.2, 0.25) is 0 Å². The Balaban J connectivity index is 3.02. The van der Waals surface area contributed by atoms with E-state index < -0.39 is 0 Å². The molecule has 0 spiro atoms. The number of hydrogen-bond acceptors (Lipinski definition) is 3. The van der Waals surface area contributed by atoms with Crippen LogP contribution in [0.3, 0.4) is 0 Å². The van der Waals surface area contributed by atoms with E-state index in [-0.39, 0.29) is 0 Å². The molecule has 11 heavy (non-hydrogen) atoms. The summed E-state index contributed by atoms with van der Waals surface area (Å²) in [6.45, 7) is 0. The standard InChI is InChI=1S/C7H10IN3/c1-10-6-4-2-3-5-7(6)11(8)9/h2-5,10H,9H2,1H3. The minimum absolute atomic E-state index is 0.982. The van der Waals surface area contributed by atoms with E-state index in [4.69, 9.17) is 5.84 Å². The zero-order chi connectivity index (χ0) is 8.27. The van der Waals surface area contributed by atoms with Gasteiger partial charge in [-0.25, -0.2) is 9.06 Å². The molecule has 0 saturated carbocycles. The van der Waals surface area contributed by atoms with Crippen molar-refractivity contribution in [2.75, 3.05) is 15.6 Å². The predicted molar refractivity (Wildman–Crippen MR) is 56.7 cm³/mol. The second-order valence-electron chi connectivity index (χ2n) is 2.08. The number of halogens is 1. The summed E-state index contributed by atoms with van der Waals surface area (Å²) in [6.07, 6.45) is 0. The van der Waals surface area contributed by atoms with Crippen molar-refractivity contribution in [2.45, 2.75) is 0 Å². The van der Waals surface area contributed by atoms with Gasteiger partial charge in [-0.05, 0) is 12.1 Å². The SMILES string of the molecule is CNc1ccccc1N(N)I. The van der Waals surface area contributed by atoms with E-state index >= 15 is 0 Å². The zero-order valence-corrected chi connectivity index (χ0v) is 8.37. The van der Waals surface area contributed by atoms with Gasteiger partial charge in [-0.3, -0.25) is 0 Å². The third kappa shape index (κ3) is 1.97. The molecule has 60 valence electrons. The molecule has 1 aromatic carbocycles. The lowest BCUT2D eigenvalue weighted by atomic mass is 10.3. The van der Waals surface area contributed by atoms with E-state index in [9.17, 15) is 0 Å². The molecule has 3 N–H and O–H groups in total. The molecule has 0 aliphatic rings. The maximum absolute atomic E-state index is 5.57. The highest BCUT2D eigenvalue weighted by molar-refractivity contribution is 14.1. The molecule has 0 radical (unpaired) electrons. The Morgan fingerprint density at radius 1 is 1.45 bits per heavy atom. The van der Waals surface area contributed by atoms with Gasteiger partial charge in [0.25, 0.3) is 0 Å². The van der Waals surface area contributed by atoms with Crippen LogP contribution in [0.2, 0.25) is 0 Å². The van der Waals surface area contributed by atoms with Crippen molar-refractivity contribution in [3.8, 4) is 0 Å². The van der Waals surface area contributed by atoms with Crippen LogP contribution in [0, 0.1) is 0 Å². The van der Waals surface area contributed by atoms with Gasteiger partial charge in [0.1, 0.15) is 0 Å². The molecule has 0 fully saturated rings. The molecule has 0 aliphatic heterocycles. The van der Waals surface area contributed by atoms with Crippen LogP contribution in [-0.4, -0.2) is 7.05 Å². The Morgan fingerprint density at radius 3 is 2.55 bits per heavy atom. The van der Waals surface area contributed by atoms with Crippen LogP contribution in [0.4, 0.5) is 11.4 Å². The van der Waals surface area contributed by atoms with Crippen molar-refractivity contribution >= 4 is 34.2 Å². The molecule has 1 rings (SSSR count). The molecule has 0 aromatic heterocycles. The number of hydrogen-bond donors (Lipinski definition) is 2. The van der Waals surface area contributed by atoms with Crippen molar-refractivity contribution in [2.24, 2.45) is 5.84 Å². The molecular formula is C7H10IN3. The van der Waals surface area contributed by atoms with Crippen LogP contribution in [0.15, 0.2) is 24.3 Å². The summed E-state index contributed by atoms with van der Waals surface area (Å²) in [5.74, 6) is 5.57. The van der Waals surface area contributed by atoms with Gasteiger partial charge in [0.15, 0.2) is 0 Å². The quantitative estimate of drug-likeness (QED) is 0.370. The lowest BCUT2D eigenvalue weighted by Gasteiger charge is -2.13. The highest BCUT2D eigenvalue weighted by Crippen LogP contribution is 2.24. The number of para-hydroxylation sites is 2. The van der Waals surface area contributed by atoms with Gasteiger partial charge in [-0.2, -0.15) is 0 Å². The van der Waals surface area contributed by atoms with Crippen molar-refractivity contribution in [1.29, 1.82) is 0 Å². The minimum Gasteiger partial charge on any atom is -0.386 e. The van der Waals surface area contributed by atoms with Crippen LogP contribution in [0.5, 0.6) is 0 Å². The topological polar surface area (TPSA) is 41.3 Å². The highest BCUT2D eigenvalue weighted by atomic mass is 127. The number of anilines is 2. The summed E-state index contributed by atoms with van der Waals surface area (Å²) in [6, 6.07) is 7.86. The van der Waals surface area contributed by atoms with Crippen molar-refractivity contribution in [3.63, 3.8) is 0 Å². The first kappa shape index (κ1) is 8.61. The lowest BCUT2D eigenvalue weighted by Crippen LogP contribution is -2.18. The first-order valence-corrected chi connectivity index (χ1v) is 4.19. The van der Waals surface area contributed by atoms with E-state index in [1.165, 1.54) is 0 Å². The van der Waals surface area contributed by atoms with Gasteiger partial charge in [-0.1, -0.05) is 12.1 Å². The molecule has 0 saturated heterocycles. The van der Waals surface area contributed by atoms with E-state index in [2.05, 4.69) is 5.32 Å². The number of hydrazine groups is 1. The lowest BCUT2D eigenvalue weighted by molar-refractivity contribution is 1.25. The Morgan fingerprint density at radius 2 is 2.09 bits per heavy atom. The molecule has 3 nitrogen and oxygen atoms in total. The maximum atomic E-state index is 5.57. The molecule has 0 atom stereocenters. The fourth-order valence-corrected chi connectivity index (χ4v) is 1.29. The van der Waals surface area contributed by atoms with Crippen molar-refractivity contribution in [1.82, 2.24) is 0 Å². The summed E-state index contributed by atoms with van der Waals surface area (Å²) in [5, 5.41) is 3.05. The molecular weight excluding hydrogens is 253 g/mol. The molecule has 0 heterocycles.